The molecule has 2 nitrogen and oxygen atoms in total. The monoisotopic (exact) mass is 652 g/mol. The Labute approximate surface area is 298 Å². The number of anilines is 2. The number of hydrogen-bond donors (Lipinski definition) is 2. The van der Waals surface area contributed by atoms with Crippen molar-refractivity contribution >= 4 is 38.5 Å². The molecule has 50 heavy (non-hydrogen) atoms. The van der Waals surface area contributed by atoms with Crippen LogP contribution in [0.3, 0.4) is 0 Å². The average molecular weight is 653 g/mol. The van der Waals surface area contributed by atoms with Crippen LogP contribution in [0.2, 0.25) is 0 Å². The summed E-state index contributed by atoms with van der Waals surface area (Å²) >= 11 is 0. The first-order chi connectivity index (χ1) is 24.5. The summed E-state index contributed by atoms with van der Waals surface area (Å²) in [6.07, 6.45) is 41.5. The molecule has 0 fully saturated rings. The second kappa shape index (κ2) is 13.3. The van der Waals surface area contributed by atoms with Gasteiger partial charge in [-0.25, -0.2) is 0 Å². The normalized spacial score (nSPS) is 23.5. The Kier molecular flexibility index (Phi) is 8.57. The largest absolute Gasteiger partial charge is 0.377 e. The molecule has 3 atom stereocenters. The minimum atomic E-state index is -0.0689. The lowest BCUT2D eigenvalue weighted by Crippen LogP contribution is -2.29. The van der Waals surface area contributed by atoms with Crippen LogP contribution in [0, 0.1) is 11.8 Å². The average Bonchev–Trinajstić information content (AvgIpc) is 3.39. The molecule has 0 aliphatic heterocycles. The third-order valence-electron chi connectivity index (χ3n) is 11.3. The van der Waals surface area contributed by atoms with Crippen LogP contribution in [-0.2, 0) is 5.41 Å². The summed E-state index contributed by atoms with van der Waals surface area (Å²) < 4.78 is 0. The Morgan fingerprint density at radius 2 is 1.62 bits per heavy atom. The molecule has 3 aromatic carbocycles. The lowest BCUT2D eigenvalue weighted by Gasteiger charge is -2.31. The summed E-state index contributed by atoms with van der Waals surface area (Å²) in [5.74, 6) is 0.519. The van der Waals surface area contributed by atoms with Crippen LogP contribution in [0.25, 0.3) is 27.1 Å². The Bertz CT molecular complexity index is 2200. The molecule has 8 rings (SSSR count). The third-order valence-corrected chi connectivity index (χ3v) is 11.3. The van der Waals surface area contributed by atoms with Crippen molar-refractivity contribution in [1.29, 1.82) is 0 Å². The molecular formula is C48H48N2. The van der Waals surface area contributed by atoms with E-state index in [0.717, 1.165) is 49.1 Å². The minimum Gasteiger partial charge on any atom is -0.377 e. The van der Waals surface area contributed by atoms with E-state index in [-0.39, 0.29) is 23.3 Å². The highest BCUT2D eigenvalue weighted by Crippen LogP contribution is 2.53. The second-order valence-corrected chi connectivity index (χ2v) is 14.8. The van der Waals surface area contributed by atoms with Crippen molar-refractivity contribution in [2.45, 2.75) is 64.3 Å². The van der Waals surface area contributed by atoms with E-state index in [1.807, 2.05) is 0 Å². The van der Waals surface area contributed by atoms with Crippen molar-refractivity contribution in [2.75, 3.05) is 10.6 Å². The fourth-order valence-electron chi connectivity index (χ4n) is 8.66. The van der Waals surface area contributed by atoms with Crippen molar-refractivity contribution in [3.8, 4) is 0 Å². The van der Waals surface area contributed by atoms with Gasteiger partial charge in [0.25, 0.3) is 0 Å². The number of nitrogens with one attached hydrogen (secondary N) is 2. The molecule has 2 N–H and O–H groups in total. The third kappa shape index (κ3) is 5.61. The Morgan fingerprint density at radius 1 is 0.840 bits per heavy atom. The fraction of sp³-hybridized carbons (Fsp3) is 0.250. The van der Waals surface area contributed by atoms with Crippen LogP contribution in [0.1, 0.15) is 64.0 Å². The van der Waals surface area contributed by atoms with E-state index >= 15 is 0 Å². The number of fused-ring (bicyclic) bond motifs is 4. The number of hydrogen-bond acceptors (Lipinski definition) is 2. The SMILES string of the molecule is C=C(/C(=C\C=C/C)Nc1c2ccccc2c(NC2C=CC=CC2C2=CCCC=C2)c2cc3c(cc12)C(C)(C)C1=C3CCC=C1)C1C=CC=CC1. The van der Waals surface area contributed by atoms with Gasteiger partial charge in [0.2, 0.25) is 0 Å². The number of rotatable bonds is 8. The van der Waals surface area contributed by atoms with E-state index in [1.54, 1.807) is 0 Å². The van der Waals surface area contributed by atoms with Gasteiger partial charge >= 0.3 is 0 Å². The van der Waals surface area contributed by atoms with Gasteiger partial charge in [-0.1, -0.05) is 136 Å². The van der Waals surface area contributed by atoms with Gasteiger partial charge in [-0.3, -0.25) is 0 Å². The van der Waals surface area contributed by atoms with E-state index in [0.29, 0.717) is 0 Å². The lowest BCUT2D eigenvalue weighted by molar-refractivity contribution is 0.652. The summed E-state index contributed by atoms with van der Waals surface area (Å²) in [6, 6.07) is 14.1. The molecule has 5 aliphatic carbocycles. The first-order valence-electron chi connectivity index (χ1n) is 18.5. The Hall–Kier alpha value is -5.08. The Morgan fingerprint density at radius 3 is 2.40 bits per heavy atom. The summed E-state index contributed by atoms with van der Waals surface area (Å²) in [6.45, 7) is 11.5. The highest BCUT2D eigenvalue weighted by atomic mass is 14.9. The van der Waals surface area contributed by atoms with E-state index in [2.05, 4.69) is 172 Å². The van der Waals surface area contributed by atoms with E-state index in [1.165, 1.54) is 55.1 Å². The number of allylic oxidation sites excluding steroid dienone is 17. The van der Waals surface area contributed by atoms with Crippen LogP contribution in [-0.4, -0.2) is 6.04 Å². The van der Waals surface area contributed by atoms with E-state index < -0.39 is 0 Å². The molecule has 0 bridgehead atoms. The first-order valence-corrected chi connectivity index (χ1v) is 18.5. The fourth-order valence-corrected chi connectivity index (χ4v) is 8.66. The molecule has 0 spiro atoms. The van der Waals surface area contributed by atoms with Crippen LogP contribution >= 0.6 is 0 Å². The summed E-state index contributed by atoms with van der Waals surface area (Å²) in [7, 11) is 0. The molecule has 0 saturated carbocycles. The van der Waals surface area contributed by atoms with Crippen LogP contribution < -0.4 is 10.6 Å². The van der Waals surface area contributed by atoms with Crippen LogP contribution in [0.15, 0.2) is 163 Å². The highest BCUT2D eigenvalue weighted by molar-refractivity contribution is 6.21. The van der Waals surface area contributed by atoms with Crippen LogP contribution in [0.4, 0.5) is 11.4 Å². The molecule has 250 valence electrons. The van der Waals surface area contributed by atoms with Crippen LogP contribution in [0.5, 0.6) is 0 Å². The Balaban J connectivity index is 1.35. The number of benzene rings is 3. The molecule has 0 amide bonds. The molecule has 0 saturated heterocycles. The lowest BCUT2D eigenvalue weighted by atomic mass is 9.79. The maximum Gasteiger partial charge on any atom is 0.0551 e. The van der Waals surface area contributed by atoms with Gasteiger partial charge in [-0.2, -0.15) is 0 Å². The summed E-state index contributed by atoms with van der Waals surface area (Å²) in [5, 5.41) is 13.1. The minimum absolute atomic E-state index is 0.0689. The van der Waals surface area contributed by atoms with Crippen molar-refractivity contribution in [2.24, 2.45) is 11.8 Å². The molecule has 5 aliphatic rings. The van der Waals surface area contributed by atoms with Gasteiger partial charge in [0, 0.05) is 44.5 Å². The van der Waals surface area contributed by atoms with Gasteiger partial charge in [0.05, 0.1) is 17.4 Å². The van der Waals surface area contributed by atoms with E-state index in [4.69, 9.17) is 0 Å². The predicted molar refractivity (Wildman–Crippen MR) is 217 cm³/mol. The van der Waals surface area contributed by atoms with Gasteiger partial charge < -0.3 is 10.6 Å². The maximum atomic E-state index is 4.66. The smallest absolute Gasteiger partial charge is 0.0551 e. The topological polar surface area (TPSA) is 24.1 Å². The molecular weight excluding hydrogens is 605 g/mol. The zero-order valence-electron chi connectivity index (χ0n) is 29.7. The molecule has 2 heteroatoms. The van der Waals surface area contributed by atoms with Crippen molar-refractivity contribution in [3.63, 3.8) is 0 Å². The first kappa shape index (κ1) is 32.1. The zero-order valence-corrected chi connectivity index (χ0v) is 29.7. The second-order valence-electron chi connectivity index (χ2n) is 14.8. The quantitative estimate of drug-likeness (QED) is 0.144. The molecule has 3 unspecified atom stereocenters. The van der Waals surface area contributed by atoms with Gasteiger partial charge in [0.15, 0.2) is 0 Å². The van der Waals surface area contributed by atoms with Crippen molar-refractivity contribution < 1.29 is 0 Å². The zero-order chi connectivity index (χ0) is 34.2. The molecule has 0 heterocycles. The van der Waals surface area contributed by atoms with Crippen molar-refractivity contribution in [3.05, 3.63) is 174 Å². The van der Waals surface area contributed by atoms with E-state index in [9.17, 15) is 0 Å². The summed E-state index contributed by atoms with van der Waals surface area (Å²) in [5.41, 5.74) is 11.6. The predicted octanol–water partition coefficient (Wildman–Crippen LogP) is 12.7. The maximum absolute atomic E-state index is 4.66. The highest BCUT2D eigenvalue weighted by Gasteiger charge is 2.38. The summed E-state index contributed by atoms with van der Waals surface area (Å²) in [4.78, 5) is 0. The molecule has 0 radical (unpaired) electrons. The van der Waals surface area contributed by atoms with Gasteiger partial charge in [-0.15, -0.1) is 0 Å². The standard InChI is InChI=1S/C48H48N2/c1-5-6-28-44(32(2)33-19-9-7-10-20-33)49-47-38-26-14-13-25-37(38)46(50-45-29-18-16-23-35(45)34-21-11-8-12-22-34)40-30-39-36-24-15-17-27-42(36)48(3,4)43(39)31-41(40)47/h5-7,9-11,13-14,16-19,21-23,25-31,33,35,45,49-50H,2,8,12,15,20,24H2,1,3-4H3/b6-5-,44-28+. The van der Waals surface area contributed by atoms with Gasteiger partial charge in [0.1, 0.15) is 0 Å². The molecule has 0 aromatic heterocycles. The molecule has 3 aromatic rings. The van der Waals surface area contributed by atoms with Gasteiger partial charge in [-0.05, 0) is 90.7 Å². The van der Waals surface area contributed by atoms with Crippen molar-refractivity contribution in [1.82, 2.24) is 0 Å².